The molecule has 0 bridgehead atoms. The summed E-state index contributed by atoms with van der Waals surface area (Å²) in [6.45, 7) is 2.70. The van der Waals surface area contributed by atoms with Crippen LogP contribution in [0.15, 0.2) is 23.1 Å². The molecule has 33 heavy (non-hydrogen) atoms. The molecule has 4 aliphatic rings. The highest BCUT2D eigenvalue weighted by Crippen LogP contribution is 2.39. The number of benzene rings is 1. The lowest BCUT2D eigenvalue weighted by molar-refractivity contribution is -0.118. The van der Waals surface area contributed by atoms with Crippen LogP contribution in [0.2, 0.25) is 0 Å². The molecule has 2 amide bonds. The first-order valence-corrected chi connectivity index (χ1v) is 13.2. The number of nitrogens with zero attached hydrogens (tertiary/aromatic N) is 5. The molecule has 6 rings (SSSR count). The normalized spacial score (nSPS) is 20.7. The molecule has 5 heterocycles. The molecule has 0 radical (unpaired) electrons. The van der Waals surface area contributed by atoms with E-state index in [0.717, 1.165) is 48.3 Å². The first kappa shape index (κ1) is 20.9. The van der Waals surface area contributed by atoms with Gasteiger partial charge >= 0.3 is 0 Å². The Morgan fingerprint density at radius 2 is 1.61 bits per heavy atom. The number of aromatic nitrogens is 2. The Kier molecular flexibility index (Phi) is 4.84. The summed E-state index contributed by atoms with van der Waals surface area (Å²) in [5.74, 6) is -0.00289. The summed E-state index contributed by atoms with van der Waals surface area (Å²) in [5.41, 5.74) is 4.37. The zero-order valence-electron chi connectivity index (χ0n) is 18.5. The Morgan fingerprint density at radius 1 is 0.848 bits per heavy atom. The highest BCUT2D eigenvalue weighted by molar-refractivity contribution is 7.89. The number of piperazine rings is 1. The summed E-state index contributed by atoms with van der Waals surface area (Å²) in [6.07, 6.45) is 4.84. The molecule has 0 N–H and O–H groups in total. The molecule has 0 saturated carbocycles. The van der Waals surface area contributed by atoms with Gasteiger partial charge in [-0.2, -0.15) is 9.40 Å². The van der Waals surface area contributed by atoms with Crippen LogP contribution < -0.4 is 4.90 Å². The molecule has 174 valence electrons. The summed E-state index contributed by atoms with van der Waals surface area (Å²) < 4.78 is 30.2. The van der Waals surface area contributed by atoms with E-state index in [4.69, 9.17) is 0 Å². The van der Waals surface area contributed by atoms with E-state index in [2.05, 4.69) is 5.10 Å². The first-order chi connectivity index (χ1) is 15.9. The van der Waals surface area contributed by atoms with Gasteiger partial charge in [0.2, 0.25) is 15.9 Å². The third-order valence-corrected chi connectivity index (χ3v) is 9.20. The van der Waals surface area contributed by atoms with Gasteiger partial charge in [0, 0.05) is 51.4 Å². The molecule has 9 nitrogen and oxygen atoms in total. The number of rotatable bonds is 3. The number of carbonyl (C=O) groups excluding carboxylic acids is 2. The zero-order chi connectivity index (χ0) is 22.7. The molecule has 0 unspecified atom stereocenters. The van der Waals surface area contributed by atoms with E-state index in [1.54, 1.807) is 21.9 Å². The van der Waals surface area contributed by atoms with Gasteiger partial charge in [0.05, 0.1) is 10.6 Å². The van der Waals surface area contributed by atoms with E-state index >= 15 is 0 Å². The van der Waals surface area contributed by atoms with Crippen molar-refractivity contribution in [1.82, 2.24) is 19.0 Å². The average molecular weight is 470 g/mol. The van der Waals surface area contributed by atoms with Crippen molar-refractivity contribution in [3.63, 3.8) is 0 Å². The quantitative estimate of drug-likeness (QED) is 0.673. The third kappa shape index (κ3) is 3.38. The fourth-order valence-electron chi connectivity index (χ4n) is 5.54. The van der Waals surface area contributed by atoms with Crippen LogP contribution in [0.5, 0.6) is 0 Å². The lowest BCUT2D eigenvalue weighted by Crippen LogP contribution is -2.50. The smallest absolute Gasteiger partial charge is 0.274 e. The van der Waals surface area contributed by atoms with Crippen LogP contribution in [-0.2, 0) is 40.6 Å². The lowest BCUT2D eigenvalue weighted by atomic mass is 10.00. The fourth-order valence-corrected chi connectivity index (χ4v) is 7.06. The molecule has 1 aromatic carbocycles. The van der Waals surface area contributed by atoms with Crippen molar-refractivity contribution in [1.29, 1.82) is 0 Å². The van der Waals surface area contributed by atoms with Gasteiger partial charge < -0.3 is 9.80 Å². The molecule has 10 heteroatoms. The second-order valence-corrected chi connectivity index (χ2v) is 11.2. The van der Waals surface area contributed by atoms with Gasteiger partial charge in [0.1, 0.15) is 0 Å². The van der Waals surface area contributed by atoms with Gasteiger partial charge in [-0.1, -0.05) is 0 Å². The number of hydrogen-bond acceptors (Lipinski definition) is 5. The maximum atomic E-state index is 13.4. The molecule has 0 aliphatic carbocycles. The van der Waals surface area contributed by atoms with Gasteiger partial charge in [0.25, 0.3) is 5.91 Å². The summed E-state index contributed by atoms with van der Waals surface area (Å²) in [7, 11) is -3.67. The van der Waals surface area contributed by atoms with E-state index in [1.807, 2.05) is 10.7 Å². The molecule has 0 spiro atoms. The van der Waals surface area contributed by atoms with E-state index < -0.39 is 10.0 Å². The predicted molar refractivity (Wildman–Crippen MR) is 121 cm³/mol. The van der Waals surface area contributed by atoms with Crippen LogP contribution in [0.3, 0.4) is 0 Å². The molecular weight excluding hydrogens is 442 g/mol. The van der Waals surface area contributed by atoms with E-state index in [0.29, 0.717) is 49.5 Å². The van der Waals surface area contributed by atoms with Crippen molar-refractivity contribution >= 4 is 27.5 Å². The number of hydrogen-bond donors (Lipinski definition) is 0. The monoisotopic (exact) mass is 469 g/mol. The third-order valence-electron chi connectivity index (χ3n) is 7.32. The largest absolute Gasteiger partial charge is 0.335 e. The van der Waals surface area contributed by atoms with Crippen molar-refractivity contribution < 1.29 is 18.0 Å². The SMILES string of the molecule is O=C(c1cc2n(n1)CCCC2)N1CCN(S(=O)(=O)c2cc3c4c(c2)CCN4C(=O)CC3)CC1. The first-order valence-electron chi connectivity index (χ1n) is 11.7. The highest BCUT2D eigenvalue weighted by atomic mass is 32.2. The van der Waals surface area contributed by atoms with Crippen molar-refractivity contribution in [2.75, 3.05) is 37.6 Å². The maximum absolute atomic E-state index is 13.4. The van der Waals surface area contributed by atoms with E-state index in [1.165, 1.54) is 4.31 Å². The highest BCUT2D eigenvalue weighted by Gasteiger charge is 2.36. The summed E-state index contributed by atoms with van der Waals surface area (Å²) >= 11 is 0. The number of anilines is 1. The standard InChI is InChI=1S/C23H27N5O4S/c29-21-5-4-16-13-19(14-17-6-8-27(21)22(16)17)33(31,32)26-11-9-25(10-12-26)23(30)20-15-18-3-1-2-7-28(18)24-20/h13-15H,1-12H2. The second kappa shape index (κ2) is 7.66. The number of carbonyl (C=O) groups is 2. The Hall–Kier alpha value is -2.72. The van der Waals surface area contributed by atoms with E-state index in [9.17, 15) is 18.0 Å². The van der Waals surface area contributed by atoms with E-state index in [-0.39, 0.29) is 24.9 Å². The lowest BCUT2D eigenvalue weighted by Gasteiger charge is -2.34. The molecule has 0 atom stereocenters. The van der Waals surface area contributed by atoms with Crippen LogP contribution in [0, 0.1) is 0 Å². The van der Waals surface area contributed by atoms with Crippen molar-refractivity contribution in [3.8, 4) is 0 Å². The number of aryl methyl sites for hydroxylation is 3. The van der Waals surface area contributed by atoms with Crippen LogP contribution in [0.1, 0.15) is 46.6 Å². The topological polar surface area (TPSA) is 95.8 Å². The van der Waals surface area contributed by atoms with Gasteiger partial charge in [0.15, 0.2) is 5.69 Å². The molecular formula is C23H27N5O4S. The van der Waals surface area contributed by atoms with Gasteiger partial charge in [-0.25, -0.2) is 8.42 Å². The van der Waals surface area contributed by atoms with Crippen LogP contribution in [0.25, 0.3) is 0 Å². The minimum absolute atomic E-state index is 0.121. The van der Waals surface area contributed by atoms with Gasteiger partial charge in [-0.3, -0.25) is 14.3 Å². The van der Waals surface area contributed by atoms with Crippen LogP contribution in [0.4, 0.5) is 5.69 Å². The van der Waals surface area contributed by atoms with Gasteiger partial charge in [-0.05, 0) is 61.4 Å². The van der Waals surface area contributed by atoms with Crippen molar-refractivity contribution in [2.24, 2.45) is 0 Å². The predicted octanol–water partition coefficient (Wildman–Crippen LogP) is 1.20. The molecule has 1 saturated heterocycles. The number of fused-ring (bicyclic) bond motifs is 1. The van der Waals surface area contributed by atoms with Gasteiger partial charge in [-0.15, -0.1) is 0 Å². The minimum atomic E-state index is -3.67. The van der Waals surface area contributed by atoms with Crippen LogP contribution in [-0.4, -0.2) is 71.9 Å². The Morgan fingerprint density at radius 3 is 2.36 bits per heavy atom. The maximum Gasteiger partial charge on any atom is 0.274 e. The van der Waals surface area contributed by atoms with Crippen molar-refractivity contribution in [2.45, 2.75) is 50.0 Å². The molecule has 4 aliphatic heterocycles. The van der Waals surface area contributed by atoms with Crippen LogP contribution >= 0.6 is 0 Å². The molecule has 1 aromatic heterocycles. The average Bonchev–Trinajstić information content (AvgIpc) is 3.46. The summed E-state index contributed by atoms with van der Waals surface area (Å²) in [4.78, 5) is 28.9. The summed E-state index contributed by atoms with van der Waals surface area (Å²) in [5, 5.41) is 4.48. The number of sulfonamides is 1. The summed E-state index contributed by atoms with van der Waals surface area (Å²) in [6, 6.07) is 5.36. The second-order valence-electron chi connectivity index (χ2n) is 9.28. The Bertz CT molecular complexity index is 1240. The molecule has 2 aromatic rings. The fraction of sp³-hybridized carbons (Fsp3) is 0.522. The zero-order valence-corrected chi connectivity index (χ0v) is 19.3. The minimum Gasteiger partial charge on any atom is -0.335 e. The Labute approximate surface area is 193 Å². The molecule has 1 fully saturated rings. The van der Waals surface area contributed by atoms with Crippen molar-refractivity contribution in [3.05, 3.63) is 40.7 Å². The Balaban J connectivity index is 1.18. The number of amides is 2.